The maximum Gasteiger partial charge on any atom is 0.0799 e. The molecule has 4 nitrogen and oxygen atoms in total. The fourth-order valence-corrected chi connectivity index (χ4v) is 2.39. The van der Waals surface area contributed by atoms with Crippen molar-refractivity contribution in [1.29, 1.82) is 0 Å². The smallest absolute Gasteiger partial charge is 0.0799 e. The number of alkyl halides is 1. The number of hydrogen-bond donors (Lipinski definition) is 0. The molecule has 1 unspecified atom stereocenters. The second-order valence-electron chi connectivity index (χ2n) is 4.76. The Bertz CT molecular complexity index is 353. The van der Waals surface area contributed by atoms with Crippen LogP contribution in [0.2, 0.25) is 0 Å². The Morgan fingerprint density at radius 3 is 3.06 bits per heavy atom. The van der Waals surface area contributed by atoms with E-state index in [2.05, 4.69) is 52.0 Å². The minimum absolute atomic E-state index is 0.316. The van der Waals surface area contributed by atoms with Crippen LogP contribution in [0, 0.1) is 0 Å². The molecule has 1 atom stereocenters. The Hall–Kier alpha value is -0.390. The fraction of sp³-hybridized carbons (Fsp3) is 0.750. The summed E-state index contributed by atoms with van der Waals surface area (Å²) >= 11 is 3.48. The van der Waals surface area contributed by atoms with Gasteiger partial charge in [0, 0.05) is 37.2 Å². The van der Waals surface area contributed by atoms with Gasteiger partial charge in [0.25, 0.3) is 0 Å². The normalized spacial score (nSPS) is 22.2. The van der Waals surface area contributed by atoms with Crippen LogP contribution in [0.15, 0.2) is 12.3 Å². The first-order chi connectivity index (χ1) is 8.19. The van der Waals surface area contributed by atoms with E-state index >= 15 is 0 Å². The molecular weight excluding hydrogens is 282 g/mol. The first-order valence-electron chi connectivity index (χ1n) is 6.13. The molecule has 1 aliphatic rings. The molecule has 0 N–H and O–H groups in total. The van der Waals surface area contributed by atoms with Gasteiger partial charge in [-0.25, -0.2) is 0 Å². The maximum atomic E-state index is 5.62. The van der Waals surface area contributed by atoms with E-state index < -0.39 is 0 Å². The van der Waals surface area contributed by atoms with Crippen molar-refractivity contribution in [3.8, 4) is 0 Å². The predicted octanol–water partition coefficient (Wildman–Crippen LogP) is 2.06. The van der Waals surface area contributed by atoms with E-state index in [0.717, 1.165) is 37.3 Å². The number of nitrogens with zero attached hydrogens (tertiary/aromatic N) is 3. The highest BCUT2D eigenvalue weighted by atomic mass is 79.9. The number of halogens is 1. The summed E-state index contributed by atoms with van der Waals surface area (Å²) in [6, 6.07) is 2.54. The Morgan fingerprint density at radius 2 is 2.41 bits per heavy atom. The van der Waals surface area contributed by atoms with Gasteiger partial charge in [-0.1, -0.05) is 15.9 Å². The highest BCUT2D eigenvalue weighted by Crippen LogP contribution is 2.12. The van der Waals surface area contributed by atoms with Gasteiger partial charge in [0.15, 0.2) is 0 Å². The van der Waals surface area contributed by atoms with E-state index in [1.807, 2.05) is 4.68 Å². The second-order valence-corrected chi connectivity index (χ2v) is 5.41. The topological polar surface area (TPSA) is 30.3 Å². The van der Waals surface area contributed by atoms with Gasteiger partial charge < -0.3 is 4.74 Å². The van der Waals surface area contributed by atoms with Crippen molar-refractivity contribution in [2.45, 2.75) is 32.5 Å². The molecule has 0 bridgehead atoms. The minimum atomic E-state index is 0.316. The van der Waals surface area contributed by atoms with E-state index in [9.17, 15) is 0 Å². The standard InChI is InChI=1S/C12H20BrN3O/c1-10(2)16-4-3-11(14-16)8-15-5-6-17-12(7-13)9-15/h3-4,10,12H,5-9H2,1-2H3. The minimum Gasteiger partial charge on any atom is -0.375 e. The average Bonchev–Trinajstić information content (AvgIpc) is 2.78. The van der Waals surface area contributed by atoms with Gasteiger partial charge in [-0.05, 0) is 19.9 Å². The zero-order chi connectivity index (χ0) is 12.3. The molecule has 1 aliphatic heterocycles. The van der Waals surface area contributed by atoms with Gasteiger partial charge in [0.2, 0.25) is 0 Å². The summed E-state index contributed by atoms with van der Waals surface area (Å²) in [7, 11) is 0. The fourth-order valence-electron chi connectivity index (χ4n) is 2.00. The highest BCUT2D eigenvalue weighted by Gasteiger charge is 2.20. The molecule has 17 heavy (non-hydrogen) atoms. The lowest BCUT2D eigenvalue weighted by Gasteiger charge is -2.31. The zero-order valence-corrected chi connectivity index (χ0v) is 12.1. The molecular formula is C12H20BrN3O. The molecule has 0 radical (unpaired) electrons. The largest absolute Gasteiger partial charge is 0.375 e. The molecule has 0 amide bonds. The third-order valence-electron chi connectivity index (χ3n) is 2.97. The van der Waals surface area contributed by atoms with Crippen molar-refractivity contribution >= 4 is 15.9 Å². The third kappa shape index (κ3) is 3.53. The van der Waals surface area contributed by atoms with E-state index in [4.69, 9.17) is 4.74 Å². The van der Waals surface area contributed by atoms with Gasteiger partial charge in [-0.2, -0.15) is 5.10 Å². The lowest BCUT2D eigenvalue weighted by atomic mass is 10.3. The van der Waals surface area contributed by atoms with Crippen LogP contribution < -0.4 is 0 Å². The van der Waals surface area contributed by atoms with Gasteiger partial charge in [0.05, 0.1) is 18.4 Å². The van der Waals surface area contributed by atoms with E-state index in [1.165, 1.54) is 0 Å². The maximum absolute atomic E-state index is 5.62. The lowest BCUT2D eigenvalue weighted by Crippen LogP contribution is -2.42. The molecule has 1 fully saturated rings. The summed E-state index contributed by atoms with van der Waals surface area (Å²) in [6.45, 7) is 8.02. The molecule has 0 aliphatic carbocycles. The van der Waals surface area contributed by atoms with Gasteiger partial charge in [0.1, 0.15) is 0 Å². The van der Waals surface area contributed by atoms with E-state index in [1.54, 1.807) is 0 Å². The quantitative estimate of drug-likeness (QED) is 0.798. The monoisotopic (exact) mass is 301 g/mol. The number of aromatic nitrogens is 2. The third-order valence-corrected chi connectivity index (χ3v) is 3.70. The molecule has 96 valence electrons. The first kappa shape index (κ1) is 13.1. The molecule has 0 saturated carbocycles. The number of rotatable bonds is 4. The Labute approximate surface area is 111 Å². The van der Waals surface area contributed by atoms with Crippen LogP contribution >= 0.6 is 15.9 Å². The van der Waals surface area contributed by atoms with Crippen molar-refractivity contribution < 1.29 is 4.74 Å². The molecule has 5 heteroatoms. The van der Waals surface area contributed by atoms with Crippen molar-refractivity contribution in [3.63, 3.8) is 0 Å². The number of morpholine rings is 1. The molecule has 1 aromatic heterocycles. The van der Waals surface area contributed by atoms with Gasteiger partial charge in [-0.15, -0.1) is 0 Å². The molecule has 1 aromatic rings. The SMILES string of the molecule is CC(C)n1ccc(CN2CCOC(CBr)C2)n1. The molecule has 0 aromatic carbocycles. The Kier molecular flexibility index (Phi) is 4.59. The number of ether oxygens (including phenoxy) is 1. The molecule has 2 rings (SSSR count). The summed E-state index contributed by atoms with van der Waals surface area (Å²) in [6.07, 6.45) is 2.37. The summed E-state index contributed by atoms with van der Waals surface area (Å²) in [4.78, 5) is 2.41. The van der Waals surface area contributed by atoms with Crippen LogP contribution in [0.25, 0.3) is 0 Å². The number of hydrogen-bond acceptors (Lipinski definition) is 3. The lowest BCUT2D eigenvalue weighted by molar-refractivity contribution is -0.0185. The molecule has 1 saturated heterocycles. The van der Waals surface area contributed by atoms with Crippen LogP contribution in [0.3, 0.4) is 0 Å². The summed E-state index contributed by atoms with van der Waals surface area (Å²) in [5.74, 6) is 0. The molecule has 0 spiro atoms. The van der Waals surface area contributed by atoms with Crippen LogP contribution in [0.1, 0.15) is 25.6 Å². The second kappa shape index (κ2) is 5.98. The summed E-state index contributed by atoms with van der Waals surface area (Å²) in [5, 5.41) is 5.48. The summed E-state index contributed by atoms with van der Waals surface area (Å²) < 4.78 is 7.64. The Balaban J connectivity index is 1.91. The van der Waals surface area contributed by atoms with Gasteiger partial charge in [-0.3, -0.25) is 9.58 Å². The highest BCUT2D eigenvalue weighted by molar-refractivity contribution is 9.09. The average molecular weight is 302 g/mol. The Morgan fingerprint density at radius 1 is 1.59 bits per heavy atom. The van der Waals surface area contributed by atoms with Crippen molar-refractivity contribution in [1.82, 2.24) is 14.7 Å². The van der Waals surface area contributed by atoms with Gasteiger partial charge >= 0.3 is 0 Å². The first-order valence-corrected chi connectivity index (χ1v) is 7.25. The summed E-state index contributed by atoms with van der Waals surface area (Å²) in [5.41, 5.74) is 1.15. The predicted molar refractivity (Wildman–Crippen MR) is 71.4 cm³/mol. The van der Waals surface area contributed by atoms with Crippen LogP contribution in [0.4, 0.5) is 0 Å². The van der Waals surface area contributed by atoms with Crippen molar-refractivity contribution in [2.75, 3.05) is 25.0 Å². The van der Waals surface area contributed by atoms with Crippen molar-refractivity contribution in [2.24, 2.45) is 0 Å². The van der Waals surface area contributed by atoms with E-state index in [0.29, 0.717) is 12.1 Å². The van der Waals surface area contributed by atoms with E-state index in [-0.39, 0.29) is 0 Å². The van der Waals surface area contributed by atoms with Crippen LogP contribution in [-0.2, 0) is 11.3 Å². The van der Waals surface area contributed by atoms with Crippen LogP contribution in [0.5, 0.6) is 0 Å². The van der Waals surface area contributed by atoms with Crippen molar-refractivity contribution in [3.05, 3.63) is 18.0 Å². The molecule has 2 heterocycles. The zero-order valence-electron chi connectivity index (χ0n) is 10.5. The van der Waals surface area contributed by atoms with Crippen LogP contribution in [-0.4, -0.2) is 45.8 Å².